The second kappa shape index (κ2) is 5.22. The van der Waals surface area contributed by atoms with Gasteiger partial charge in [0, 0.05) is 12.6 Å². The van der Waals surface area contributed by atoms with Gasteiger partial charge in [0.15, 0.2) is 5.69 Å². The Kier molecular flexibility index (Phi) is 3.82. The Bertz CT molecular complexity index is 462. The number of carboxylic acids is 1. The van der Waals surface area contributed by atoms with Crippen molar-refractivity contribution in [3.05, 3.63) is 17.5 Å². The highest BCUT2D eigenvalue weighted by Crippen LogP contribution is 2.30. The number of halogens is 3. The Morgan fingerprint density at radius 3 is 2.53 bits per heavy atom. The van der Waals surface area contributed by atoms with Crippen LogP contribution in [0.3, 0.4) is 0 Å². The largest absolute Gasteiger partial charge is 0.477 e. The van der Waals surface area contributed by atoms with Crippen LogP contribution in [0, 0.1) is 5.92 Å². The van der Waals surface area contributed by atoms with E-state index in [-0.39, 0.29) is 12.5 Å². The van der Waals surface area contributed by atoms with Crippen molar-refractivity contribution in [2.45, 2.75) is 44.8 Å². The van der Waals surface area contributed by atoms with Gasteiger partial charge in [-0.05, 0) is 18.8 Å². The van der Waals surface area contributed by atoms with Crippen LogP contribution >= 0.6 is 0 Å². The summed E-state index contributed by atoms with van der Waals surface area (Å²) in [6.45, 7) is 0.248. The number of aromatic carboxylic acids is 1. The Morgan fingerprint density at radius 2 is 2.00 bits per heavy atom. The van der Waals surface area contributed by atoms with Crippen molar-refractivity contribution in [2.24, 2.45) is 5.92 Å². The molecule has 1 aliphatic rings. The van der Waals surface area contributed by atoms with Crippen LogP contribution < -0.4 is 0 Å². The summed E-state index contributed by atoms with van der Waals surface area (Å²) in [5.74, 6) is -1.16. The third kappa shape index (κ3) is 3.27. The van der Waals surface area contributed by atoms with E-state index in [0.717, 1.165) is 36.8 Å². The minimum Gasteiger partial charge on any atom is -0.477 e. The van der Waals surface area contributed by atoms with Gasteiger partial charge in [-0.25, -0.2) is 4.79 Å². The molecule has 1 aromatic rings. The van der Waals surface area contributed by atoms with Crippen LogP contribution in [-0.2, 0) is 12.7 Å². The summed E-state index contributed by atoms with van der Waals surface area (Å²) >= 11 is 0. The lowest BCUT2D eigenvalue weighted by Gasteiger charge is -2.21. The number of carbonyl (C=O) groups is 1. The number of rotatable bonds is 3. The maximum atomic E-state index is 12.6. The van der Waals surface area contributed by atoms with E-state index in [4.69, 9.17) is 5.11 Å². The lowest BCUT2D eigenvalue weighted by atomic mass is 9.89. The third-order valence-electron chi connectivity index (χ3n) is 3.45. The van der Waals surface area contributed by atoms with Crippen molar-refractivity contribution in [2.75, 3.05) is 0 Å². The average Bonchev–Trinajstić information content (AvgIpc) is 2.74. The first-order chi connectivity index (χ1) is 8.88. The second-order valence-electron chi connectivity index (χ2n) is 4.90. The predicted molar refractivity (Wildman–Crippen MR) is 60.8 cm³/mol. The van der Waals surface area contributed by atoms with Gasteiger partial charge in [-0.2, -0.15) is 18.3 Å². The highest BCUT2D eigenvalue weighted by Gasteiger charge is 2.36. The molecule has 0 atom stereocenters. The molecular weight excluding hydrogens is 261 g/mol. The fraction of sp³-hybridized carbons (Fsp3) is 0.667. The average molecular weight is 276 g/mol. The second-order valence-corrected chi connectivity index (χ2v) is 4.90. The van der Waals surface area contributed by atoms with E-state index in [1.807, 2.05) is 0 Å². The lowest BCUT2D eigenvalue weighted by molar-refractivity contribution is -0.141. The fourth-order valence-corrected chi connectivity index (χ4v) is 2.48. The van der Waals surface area contributed by atoms with Crippen LogP contribution in [0.2, 0.25) is 0 Å². The molecule has 4 nitrogen and oxygen atoms in total. The van der Waals surface area contributed by atoms with E-state index in [1.54, 1.807) is 0 Å². The summed E-state index contributed by atoms with van der Waals surface area (Å²) in [4.78, 5) is 11.0. The van der Waals surface area contributed by atoms with Crippen LogP contribution in [0.4, 0.5) is 13.2 Å². The minimum atomic E-state index is -4.61. The molecule has 1 heterocycles. The first-order valence-electron chi connectivity index (χ1n) is 6.26. The van der Waals surface area contributed by atoms with Crippen LogP contribution in [0.25, 0.3) is 0 Å². The van der Waals surface area contributed by atoms with Crippen LogP contribution in [0.15, 0.2) is 6.07 Å². The van der Waals surface area contributed by atoms with E-state index in [9.17, 15) is 18.0 Å². The molecule has 106 valence electrons. The van der Waals surface area contributed by atoms with E-state index in [2.05, 4.69) is 5.10 Å². The summed E-state index contributed by atoms with van der Waals surface area (Å²) in [7, 11) is 0. The number of hydrogen-bond donors (Lipinski definition) is 1. The van der Waals surface area contributed by atoms with E-state index < -0.39 is 23.5 Å². The number of hydrogen-bond acceptors (Lipinski definition) is 2. The lowest BCUT2D eigenvalue weighted by Crippen LogP contribution is -2.19. The van der Waals surface area contributed by atoms with E-state index >= 15 is 0 Å². The summed E-state index contributed by atoms with van der Waals surface area (Å²) in [6, 6.07) is 0.602. The molecule has 0 amide bonds. The minimum absolute atomic E-state index is 0.216. The number of carboxylic acid groups (broad SMARTS) is 1. The molecule has 0 aliphatic heterocycles. The Labute approximate surface area is 108 Å². The molecule has 1 aromatic heterocycles. The normalized spacial score (nSPS) is 17.6. The highest BCUT2D eigenvalue weighted by molar-refractivity contribution is 5.85. The van der Waals surface area contributed by atoms with Gasteiger partial charge in [-0.15, -0.1) is 0 Å². The summed E-state index contributed by atoms with van der Waals surface area (Å²) < 4.78 is 38.7. The summed E-state index contributed by atoms with van der Waals surface area (Å²) in [6.07, 6.45) is 0.443. The maximum absolute atomic E-state index is 12.6. The smallest absolute Gasteiger partial charge is 0.435 e. The van der Waals surface area contributed by atoms with Gasteiger partial charge >= 0.3 is 12.1 Å². The zero-order valence-electron chi connectivity index (χ0n) is 10.3. The molecule has 1 aliphatic carbocycles. The van der Waals surface area contributed by atoms with Crippen molar-refractivity contribution < 1.29 is 23.1 Å². The quantitative estimate of drug-likeness (QED) is 0.922. The van der Waals surface area contributed by atoms with Gasteiger partial charge < -0.3 is 5.11 Å². The Hall–Kier alpha value is -1.53. The molecule has 19 heavy (non-hydrogen) atoms. The van der Waals surface area contributed by atoms with Crippen molar-refractivity contribution in [1.82, 2.24) is 9.78 Å². The monoisotopic (exact) mass is 276 g/mol. The number of nitrogens with zero attached hydrogens (tertiary/aromatic N) is 2. The van der Waals surface area contributed by atoms with Gasteiger partial charge in [0.1, 0.15) is 5.69 Å². The van der Waals surface area contributed by atoms with Gasteiger partial charge in [-0.3, -0.25) is 4.68 Å². The standard InChI is InChI=1S/C12H15F3N2O2/c13-12(14,15)10-6-9(11(18)19)17(16-10)7-8-4-2-1-3-5-8/h6,8H,1-5,7H2,(H,18,19). The van der Waals surface area contributed by atoms with Crippen LogP contribution in [-0.4, -0.2) is 20.9 Å². The third-order valence-corrected chi connectivity index (χ3v) is 3.45. The molecule has 0 unspecified atom stereocenters. The number of aromatic nitrogens is 2. The SMILES string of the molecule is O=C(O)c1cc(C(F)(F)F)nn1CC1CCCCC1. The summed E-state index contributed by atoms with van der Waals surface area (Å²) in [5.41, 5.74) is -1.53. The molecule has 0 bridgehead atoms. The molecule has 1 fully saturated rings. The van der Waals surface area contributed by atoms with Crippen LogP contribution in [0.5, 0.6) is 0 Å². The molecule has 0 saturated heterocycles. The van der Waals surface area contributed by atoms with Crippen molar-refractivity contribution in [3.63, 3.8) is 0 Å². The maximum Gasteiger partial charge on any atom is 0.435 e. The zero-order chi connectivity index (χ0) is 14.0. The summed E-state index contributed by atoms with van der Waals surface area (Å²) in [5, 5.41) is 12.4. The molecule has 0 spiro atoms. The molecule has 0 radical (unpaired) electrons. The predicted octanol–water partition coefficient (Wildman–Crippen LogP) is 3.18. The topological polar surface area (TPSA) is 55.1 Å². The van der Waals surface area contributed by atoms with E-state index in [0.29, 0.717) is 6.07 Å². The molecule has 0 aromatic carbocycles. The first kappa shape index (κ1) is 13.9. The van der Waals surface area contributed by atoms with Crippen molar-refractivity contribution >= 4 is 5.97 Å². The van der Waals surface area contributed by atoms with Crippen molar-refractivity contribution in [3.8, 4) is 0 Å². The van der Waals surface area contributed by atoms with Gasteiger partial charge in [0.25, 0.3) is 0 Å². The zero-order valence-corrected chi connectivity index (χ0v) is 10.3. The van der Waals surface area contributed by atoms with E-state index in [1.165, 1.54) is 0 Å². The molecule has 1 saturated carbocycles. The van der Waals surface area contributed by atoms with Gasteiger partial charge in [0.2, 0.25) is 0 Å². The number of alkyl halides is 3. The first-order valence-corrected chi connectivity index (χ1v) is 6.26. The van der Waals surface area contributed by atoms with Crippen molar-refractivity contribution in [1.29, 1.82) is 0 Å². The molecule has 2 rings (SSSR count). The Morgan fingerprint density at radius 1 is 1.37 bits per heavy atom. The molecular formula is C12H15F3N2O2. The van der Waals surface area contributed by atoms with Crippen LogP contribution in [0.1, 0.15) is 48.3 Å². The molecule has 7 heteroatoms. The van der Waals surface area contributed by atoms with Gasteiger partial charge in [0.05, 0.1) is 0 Å². The molecule has 1 N–H and O–H groups in total. The fourth-order valence-electron chi connectivity index (χ4n) is 2.48. The highest BCUT2D eigenvalue weighted by atomic mass is 19.4. The Balaban J connectivity index is 2.22. The van der Waals surface area contributed by atoms with Gasteiger partial charge in [-0.1, -0.05) is 19.3 Å².